The molecule has 3 rings (SSSR count). The minimum Gasteiger partial charge on any atom is -0.790 e. The summed E-state index contributed by atoms with van der Waals surface area (Å²) in [5.41, 5.74) is 2.23. The van der Waals surface area contributed by atoms with Crippen LogP contribution in [0.15, 0.2) is 60.7 Å². The smallest absolute Gasteiger partial charge is 0.790 e. The molecule has 1 unspecified atom stereocenters. The molecule has 0 fully saturated rings. The molecule has 0 aliphatic rings. The molecule has 4 nitrogen and oxygen atoms in total. The summed E-state index contributed by atoms with van der Waals surface area (Å²) < 4.78 is 13.2. The zero-order valence-corrected chi connectivity index (χ0v) is 19.3. The van der Waals surface area contributed by atoms with E-state index >= 15 is 0 Å². The average Bonchev–Trinajstić information content (AvgIpc) is 2.61. The van der Waals surface area contributed by atoms with Crippen molar-refractivity contribution in [3.63, 3.8) is 0 Å². The van der Waals surface area contributed by atoms with Gasteiger partial charge in [-0.1, -0.05) is 60.2 Å². The molecular weight excluding hydrogens is 382 g/mol. The van der Waals surface area contributed by atoms with Crippen LogP contribution in [0.2, 0.25) is 0 Å². The van der Waals surface area contributed by atoms with Gasteiger partial charge < -0.3 is 14.6 Å². The first-order valence-corrected chi connectivity index (χ1v) is 10.2. The van der Waals surface area contributed by atoms with Gasteiger partial charge in [0.2, 0.25) is 5.52 Å². The van der Waals surface area contributed by atoms with Crippen LogP contribution in [0, 0.1) is 20.8 Å². The van der Waals surface area contributed by atoms with Crippen LogP contribution in [0.1, 0.15) is 27.0 Å². The molecule has 0 aliphatic heterocycles. The van der Waals surface area contributed by atoms with Crippen molar-refractivity contribution < 1.29 is 48.9 Å². The predicted molar refractivity (Wildman–Crippen MR) is 106 cm³/mol. The summed E-state index contributed by atoms with van der Waals surface area (Å²) in [6.45, 7) is 5.38. The van der Waals surface area contributed by atoms with E-state index in [0.29, 0.717) is 22.3 Å². The normalized spacial score (nSPS) is 12.7. The number of rotatable bonds is 4. The van der Waals surface area contributed by atoms with E-state index in [2.05, 4.69) is 0 Å². The largest absolute Gasteiger partial charge is 1.00 e. The van der Waals surface area contributed by atoms with E-state index < -0.39 is 12.9 Å². The zero-order valence-electron chi connectivity index (χ0n) is 16.4. The minimum atomic E-state index is -4.65. The Kier molecular flexibility index (Phi) is 7.08. The quantitative estimate of drug-likeness (QED) is 0.524. The molecule has 6 heteroatoms. The van der Waals surface area contributed by atoms with Gasteiger partial charge >= 0.3 is 29.6 Å². The molecule has 1 N–H and O–H groups in total. The number of hydrogen-bond donors (Lipinski definition) is 1. The Morgan fingerprint density at radius 2 is 1.39 bits per heavy atom. The Morgan fingerprint density at radius 1 is 0.893 bits per heavy atom. The van der Waals surface area contributed by atoms with Crippen molar-refractivity contribution in [2.24, 2.45) is 0 Å². The van der Waals surface area contributed by atoms with E-state index in [9.17, 15) is 19.4 Å². The van der Waals surface area contributed by atoms with E-state index in [-0.39, 0.29) is 46.2 Å². The first-order chi connectivity index (χ1) is 12.7. The van der Waals surface area contributed by atoms with Crippen molar-refractivity contribution in [1.29, 1.82) is 0 Å². The van der Waals surface area contributed by atoms with Crippen molar-refractivity contribution in [3.8, 4) is 16.9 Å². The number of aryl methyl sites for hydroxylation is 3. The molecule has 0 aliphatic carbocycles. The maximum atomic E-state index is 13.2. The van der Waals surface area contributed by atoms with E-state index in [0.717, 1.165) is 5.56 Å². The predicted octanol–water partition coefficient (Wildman–Crippen LogP) is 1.09. The van der Waals surface area contributed by atoms with E-state index in [1.54, 1.807) is 62.4 Å². The van der Waals surface area contributed by atoms with Gasteiger partial charge in [-0.2, -0.15) is 0 Å². The molecule has 0 amide bonds. The first-order valence-electron chi connectivity index (χ1n) is 8.55. The molecule has 0 saturated carbocycles. The third kappa shape index (κ3) is 4.17. The van der Waals surface area contributed by atoms with Crippen LogP contribution in [0.25, 0.3) is 11.1 Å². The zero-order chi connectivity index (χ0) is 19.8. The van der Waals surface area contributed by atoms with Crippen LogP contribution in [-0.4, -0.2) is 10.6 Å². The van der Waals surface area contributed by atoms with Gasteiger partial charge in [0.25, 0.3) is 0 Å². The number of carbonyl (C=O) groups is 1. The van der Waals surface area contributed by atoms with Crippen molar-refractivity contribution in [2.45, 2.75) is 20.8 Å². The molecule has 0 radical (unpaired) electrons. The second kappa shape index (κ2) is 8.77. The summed E-state index contributed by atoms with van der Waals surface area (Å²) in [5.74, 6) is -0.0416. The van der Waals surface area contributed by atoms with Gasteiger partial charge in [-0.25, -0.2) is 0 Å². The molecule has 0 spiro atoms. The van der Waals surface area contributed by atoms with Gasteiger partial charge in [-0.3, -0.25) is 4.79 Å². The Hall–Kier alpha value is -1.68. The molecule has 3 aromatic rings. The molecule has 0 bridgehead atoms. The van der Waals surface area contributed by atoms with E-state index in [4.69, 9.17) is 0 Å². The average molecular weight is 402 g/mol. The summed E-state index contributed by atoms with van der Waals surface area (Å²) >= 11 is 0. The van der Waals surface area contributed by atoms with Gasteiger partial charge in [0.05, 0.1) is 0 Å². The summed E-state index contributed by atoms with van der Waals surface area (Å²) in [7, 11) is -4.65. The Balaban J connectivity index is 0.00000280. The number of carbonyl (C=O) groups excluding carboxylic acids is 1. The van der Waals surface area contributed by atoms with Gasteiger partial charge in [-0.15, -0.1) is 0 Å². The van der Waals surface area contributed by atoms with Gasteiger partial charge in [0.1, 0.15) is 13.1 Å². The number of para-hydroxylation sites is 1. The Morgan fingerprint density at radius 3 is 1.96 bits per heavy atom. The SMILES string of the molecule is Cc1cc(C)c(C(=O)P(=O)([O-])c2ccccc2-c2ccccc2O)c(C)c1.[Na+]. The van der Waals surface area contributed by atoms with Gasteiger partial charge in [0, 0.05) is 16.4 Å². The van der Waals surface area contributed by atoms with E-state index in [1.807, 2.05) is 6.92 Å². The molecule has 0 heterocycles. The van der Waals surface area contributed by atoms with Crippen LogP contribution < -0.4 is 39.8 Å². The number of hydrogen-bond acceptors (Lipinski definition) is 4. The molecule has 138 valence electrons. The van der Waals surface area contributed by atoms with Crippen LogP contribution >= 0.6 is 7.37 Å². The van der Waals surface area contributed by atoms with Crippen LogP contribution in [-0.2, 0) is 4.57 Å². The number of aromatic hydroxyl groups is 1. The second-order valence-electron chi connectivity index (χ2n) is 6.66. The monoisotopic (exact) mass is 402 g/mol. The van der Waals surface area contributed by atoms with Crippen LogP contribution in [0.3, 0.4) is 0 Å². The van der Waals surface area contributed by atoms with Crippen molar-refractivity contribution in [3.05, 3.63) is 82.9 Å². The van der Waals surface area contributed by atoms with Crippen LogP contribution in [0.5, 0.6) is 5.75 Å². The summed E-state index contributed by atoms with van der Waals surface area (Å²) in [4.78, 5) is 26.3. The fourth-order valence-electron chi connectivity index (χ4n) is 3.43. The topological polar surface area (TPSA) is 77.4 Å². The third-order valence-corrected chi connectivity index (χ3v) is 6.36. The molecule has 28 heavy (non-hydrogen) atoms. The second-order valence-corrected chi connectivity index (χ2v) is 8.66. The maximum absolute atomic E-state index is 13.2. The standard InChI is InChI=1S/C22H21O4P.Na/c1-14-12-15(2)21(16(3)13-14)22(24)27(25,26)20-11-7-5-9-18(20)17-8-4-6-10-19(17)23;/h4-13,23H,1-3H3,(H,25,26);/q;+1/p-1. The van der Waals surface area contributed by atoms with Crippen molar-refractivity contribution in [1.82, 2.24) is 0 Å². The third-order valence-electron chi connectivity index (χ3n) is 4.57. The van der Waals surface area contributed by atoms with Crippen molar-refractivity contribution in [2.75, 3.05) is 0 Å². The Labute approximate surface area is 187 Å². The molecular formula is C22H20NaO4P. The first kappa shape index (κ1) is 22.6. The molecule has 0 saturated heterocycles. The van der Waals surface area contributed by atoms with Crippen LogP contribution in [0.4, 0.5) is 0 Å². The fraction of sp³-hybridized carbons (Fsp3) is 0.136. The summed E-state index contributed by atoms with van der Waals surface area (Å²) in [5, 5.41) is 10.1. The fourth-order valence-corrected chi connectivity index (χ4v) is 5.09. The van der Waals surface area contributed by atoms with Crippen molar-refractivity contribution >= 4 is 18.2 Å². The van der Waals surface area contributed by atoms with E-state index in [1.165, 1.54) is 12.1 Å². The van der Waals surface area contributed by atoms with Gasteiger partial charge in [-0.05, 0) is 43.5 Å². The van der Waals surface area contributed by atoms with Gasteiger partial charge in [0.15, 0.2) is 0 Å². The number of phenolic OH excluding ortho intramolecular Hbond substituents is 1. The molecule has 1 atom stereocenters. The number of phenols is 1. The Bertz CT molecular complexity index is 1070. The summed E-state index contributed by atoms with van der Waals surface area (Å²) in [6, 6.07) is 16.3. The minimum absolute atomic E-state index is 0. The molecule has 3 aromatic carbocycles. The summed E-state index contributed by atoms with van der Waals surface area (Å²) in [6.07, 6.45) is 0. The molecule has 0 aromatic heterocycles. The number of benzene rings is 3. The maximum Gasteiger partial charge on any atom is 1.00 e.